The van der Waals surface area contributed by atoms with Gasteiger partial charge in [0.1, 0.15) is 6.10 Å². The first-order chi connectivity index (χ1) is 10.9. The fourth-order valence-corrected chi connectivity index (χ4v) is 3.18. The molecule has 2 heteroatoms. The lowest BCUT2D eigenvalue weighted by Gasteiger charge is -2.27. The normalized spacial score (nSPS) is 17.3. The number of hydrogen-bond acceptors (Lipinski definition) is 2. The standard InChI is InChI=1S/C20H24O2/c21-15-20(22-19-9-5-2-6-10-19)18-13-11-17(12-14-18)16-7-3-1-4-8-16/h1,3-4,7-8,11-14,19-21H,2,5-6,9-10,15H2. The summed E-state index contributed by atoms with van der Waals surface area (Å²) in [4.78, 5) is 0. The van der Waals surface area contributed by atoms with Crippen LogP contribution in [0.1, 0.15) is 43.8 Å². The molecule has 0 bridgehead atoms. The number of rotatable bonds is 5. The van der Waals surface area contributed by atoms with Crippen LogP contribution in [0.4, 0.5) is 0 Å². The Morgan fingerprint density at radius 3 is 2.14 bits per heavy atom. The van der Waals surface area contributed by atoms with E-state index in [2.05, 4.69) is 36.4 Å². The van der Waals surface area contributed by atoms with Crippen LogP contribution in [0.15, 0.2) is 54.6 Å². The predicted molar refractivity (Wildman–Crippen MR) is 89.7 cm³/mol. The molecule has 0 saturated heterocycles. The van der Waals surface area contributed by atoms with E-state index in [4.69, 9.17) is 4.74 Å². The Bertz CT molecular complexity index is 556. The van der Waals surface area contributed by atoms with Crippen molar-refractivity contribution in [1.82, 2.24) is 0 Å². The molecule has 2 aromatic rings. The molecule has 3 rings (SSSR count). The fraction of sp³-hybridized carbons (Fsp3) is 0.400. The van der Waals surface area contributed by atoms with Crippen LogP contribution in [0.2, 0.25) is 0 Å². The van der Waals surface area contributed by atoms with E-state index < -0.39 is 0 Å². The molecular formula is C20H24O2. The van der Waals surface area contributed by atoms with Gasteiger partial charge in [-0.05, 0) is 29.5 Å². The van der Waals surface area contributed by atoms with Crippen molar-refractivity contribution in [3.05, 3.63) is 60.2 Å². The van der Waals surface area contributed by atoms with Crippen molar-refractivity contribution in [3.63, 3.8) is 0 Å². The third kappa shape index (κ3) is 3.76. The second-order valence-corrected chi connectivity index (χ2v) is 6.06. The topological polar surface area (TPSA) is 29.5 Å². The highest BCUT2D eigenvalue weighted by Gasteiger charge is 2.20. The largest absolute Gasteiger partial charge is 0.393 e. The Balaban J connectivity index is 1.70. The Morgan fingerprint density at radius 2 is 1.50 bits per heavy atom. The minimum atomic E-state index is -0.201. The lowest BCUT2D eigenvalue weighted by atomic mass is 9.97. The molecule has 0 radical (unpaired) electrons. The molecule has 1 N–H and O–H groups in total. The Morgan fingerprint density at radius 1 is 0.864 bits per heavy atom. The highest BCUT2D eigenvalue weighted by molar-refractivity contribution is 5.63. The van der Waals surface area contributed by atoms with E-state index in [-0.39, 0.29) is 12.7 Å². The molecule has 0 amide bonds. The van der Waals surface area contributed by atoms with Crippen LogP contribution in [-0.4, -0.2) is 17.8 Å². The van der Waals surface area contributed by atoms with E-state index in [0.29, 0.717) is 6.10 Å². The molecule has 1 unspecified atom stereocenters. The van der Waals surface area contributed by atoms with E-state index >= 15 is 0 Å². The summed E-state index contributed by atoms with van der Waals surface area (Å²) >= 11 is 0. The minimum Gasteiger partial charge on any atom is -0.393 e. The van der Waals surface area contributed by atoms with Crippen molar-refractivity contribution in [2.45, 2.75) is 44.3 Å². The second kappa shape index (κ2) is 7.57. The highest BCUT2D eigenvalue weighted by Crippen LogP contribution is 2.28. The van der Waals surface area contributed by atoms with Gasteiger partial charge in [-0.2, -0.15) is 0 Å². The van der Waals surface area contributed by atoms with E-state index in [1.165, 1.54) is 30.4 Å². The summed E-state index contributed by atoms with van der Waals surface area (Å²) in [6.45, 7) is 0.0428. The molecule has 1 saturated carbocycles. The van der Waals surface area contributed by atoms with E-state index in [1.807, 2.05) is 18.2 Å². The van der Waals surface area contributed by atoms with Gasteiger partial charge in [-0.1, -0.05) is 73.9 Å². The fourth-order valence-electron chi connectivity index (χ4n) is 3.18. The third-order valence-electron chi connectivity index (χ3n) is 4.46. The number of hydrogen-bond donors (Lipinski definition) is 1. The van der Waals surface area contributed by atoms with Gasteiger partial charge in [0.05, 0.1) is 12.7 Å². The van der Waals surface area contributed by atoms with Crippen molar-refractivity contribution in [2.24, 2.45) is 0 Å². The Hall–Kier alpha value is -1.64. The molecule has 1 aliphatic carbocycles. The maximum atomic E-state index is 9.67. The molecule has 2 aromatic carbocycles. The average molecular weight is 296 g/mol. The van der Waals surface area contributed by atoms with E-state index in [9.17, 15) is 5.11 Å². The summed E-state index contributed by atoms with van der Waals surface area (Å²) < 4.78 is 6.12. The van der Waals surface area contributed by atoms with E-state index in [1.54, 1.807) is 0 Å². The molecule has 116 valence electrons. The summed E-state index contributed by atoms with van der Waals surface area (Å²) in [6, 6.07) is 18.7. The second-order valence-electron chi connectivity index (χ2n) is 6.06. The minimum absolute atomic E-state index is 0.0428. The van der Waals surface area contributed by atoms with Gasteiger partial charge >= 0.3 is 0 Å². The molecule has 1 atom stereocenters. The SMILES string of the molecule is OCC(OC1CCCCC1)c1ccc(-c2ccccc2)cc1. The highest BCUT2D eigenvalue weighted by atomic mass is 16.5. The molecule has 0 heterocycles. The van der Waals surface area contributed by atoms with Crippen LogP contribution >= 0.6 is 0 Å². The van der Waals surface area contributed by atoms with Gasteiger partial charge in [-0.15, -0.1) is 0 Å². The zero-order chi connectivity index (χ0) is 15.2. The zero-order valence-corrected chi connectivity index (χ0v) is 12.9. The monoisotopic (exact) mass is 296 g/mol. The van der Waals surface area contributed by atoms with Gasteiger partial charge in [-0.3, -0.25) is 0 Å². The molecule has 1 aliphatic rings. The Kier molecular flexibility index (Phi) is 5.25. The summed E-state index contributed by atoms with van der Waals surface area (Å²) in [7, 11) is 0. The number of ether oxygens (including phenoxy) is 1. The van der Waals surface area contributed by atoms with Crippen LogP contribution in [0.5, 0.6) is 0 Å². The van der Waals surface area contributed by atoms with Gasteiger partial charge in [0.2, 0.25) is 0 Å². The van der Waals surface area contributed by atoms with Gasteiger partial charge < -0.3 is 9.84 Å². The van der Waals surface area contributed by atoms with Crippen LogP contribution in [0.25, 0.3) is 11.1 Å². The first-order valence-electron chi connectivity index (χ1n) is 8.28. The summed E-state index contributed by atoms with van der Waals surface area (Å²) in [5.74, 6) is 0. The number of aliphatic hydroxyl groups excluding tert-OH is 1. The Labute approximate surface area is 132 Å². The summed E-state index contributed by atoms with van der Waals surface area (Å²) in [5, 5.41) is 9.67. The molecule has 1 fully saturated rings. The van der Waals surface area contributed by atoms with Crippen molar-refractivity contribution >= 4 is 0 Å². The third-order valence-corrected chi connectivity index (χ3v) is 4.46. The molecular weight excluding hydrogens is 272 g/mol. The van der Waals surface area contributed by atoms with Gasteiger partial charge in [0.15, 0.2) is 0 Å². The van der Waals surface area contributed by atoms with Crippen LogP contribution < -0.4 is 0 Å². The summed E-state index contributed by atoms with van der Waals surface area (Å²) in [6.07, 6.45) is 6.16. The molecule has 22 heavy (non-hydrogen) atoms. The van der Waals surface area contributed by atoms with Gasteiger partial charge in [0, 0.05) is 0 Å². The van der Waals surface area contributed by atoms with Crippen molar-refractivity contribution < 1.29 is 9.84 Å². The first-order valence-corrected chi connectivity index (χ1v) is 8.28. The quantitative estimate of drug-likeness (QED) is 0.864. The van der Waals surface area contributed by atoms with Crippen molar-refractivity contribution in [2.75, 3.05) is 6.61 Å². The predicted octanol–water partition coefficient (Wildman–Crippen LogP) is 4.74. The summed E-state index contributed by atoms with van der Waals surface area (Å²) in [5.41, 5.74) is 3.47. The van der Waals surface area contributed by atoms with Crippen molar-refractivity contribution in [1.29, 1.82) is 0 Å². The average Bonchev–Trinajstić information content (AvgIpc) is 2.61. The first kappa shape index (κ1) is 15.3. The van der Waals surface area contributed by atoms with Gasteiger partial charge in [-0.25, -0.2) is 0 Å². The number of aliphatic hydroxyl groups is 1. The molecule has 2 nitrogen and oxygen atoms in total. The smallest absolute Gasteiger partial charge is 0.106 e. The van der Waals surface area contributed by atoms with E-state index in [0.717, 1.165) is 18.4 Å². The molecule has 0 aliphatic heterocycles. The van der Waals surface area contributed by atoms with Crippen LogP contribution in [-0.2, 0) is 4.74 Å². The zero-order valence-electron chi connectivity index (χ0n) is 12.9. The lowest BCUT2D eigenvalue weighted by Crippen LogP contribution is -2.21. The maximum absolute atomic E-state index is 9.67. The number of benzene rings is 2. The van der Waals surface area contributed by atoms with Crippen LogP contribution in [0, 0.1) is 0 Å². The lowest BCUT2D eigenvalue weighted by molar-refractivity contribution is -0.0550. The molecule has 0 spiro atoms. The van der Waals surface area contributed by atoms with Gasteiger partial charge in [0.25, 0.3) is 0 Å². The van der Waals surface area contributed by atoms with Crippen molar-refractivity contribution in [3.8, 4) is 11.1 Å². The molecule has 0 aromatic heterocycles. The maximum Gasteiger partial charge on any atom is 0.106 e. The van der Waals surface area contributed by atoms with Crippen LogP contribution in [0.3, 0.4) is 0 Å².